The van der Waals surface area contributed by atoms with Crippen molar-refractivity contribution in [3.05, 3.63) is 53.1 Å². The van der Waals surface area contributed by atoms with Crippen molar-refractivity contribution in [2.45, 2.75) is 25.4 Å². The Balaban J connectivity index is 1.59. The third kappa shape index (κ3) is 5.08. The van der Waals surface area contributed by atoms with Crippen molar-refractivity contribution in [2.75, 3.05) is 13.2 Å². The summed E-state index contributed by atoms with van der Waals surface area (Å²) in [7, 11) is 0. The largest absolute Gasteiger partial charge is 0.490 e. The van der Waals surface area contributed by atoms with Gasteiger partial charge < -0.3 is 19.3 Å². The van der Waals surface area contributed by atoms with E-state index in [4.69, 9.17) is 30.9 Å². The number of rotatable bonds is 6. The maximum Gasteiger partial charge on any atom is 0.304 e. The van der Waals surface area contributed by atoms with E-state index in [0.717, 1.165) is 5.56 Å². The molecule has 2 atom stereocenters. The van der Waals surface area contributed by atoms with Crippen molar-refractivity contribution in [1.29, 1.82) is 0 Å². The molecule has 0 spiro atoms. The number of ether oxygens (including phenoxy) is 3. The van der Waals surface area contributed by atoms with Gasteiger partial charge in [0.15, 0.2) is 17.6 Å². The van der Waals surface area contributed by atoms with Crippen LogP contribution in [0.1, 0.15) is 24.8 Å². The predicted molar refractivity (Wildman–Crippen MR) is 102 cm³/mol. The minimum atomic E-state index is -0.877. The van der Waals surface area contributed by atoms with E-state index in [1.54, 1.807) is 37.3 Å². The molecule has 6 heteroatoms. The zero-order chi connectivity index (χ0) is 19.2. The molecule has 1 unspecified atom stereocenters. The Labute approximate surface area is 162 Å². The van der Waals surface area contributed by atoms with Gasteiger partial charge in [-0.25, -0.2) is 0 Å². The molecule has 3 rings (SSSR count). The lowest BCUT2D eigenvalue weighted by Gasteiger charge is -2.26. The third-order valence-electron chi connectivity index (χ3n) is 4.04. The Morgan fingerprint density at radius 3 is 2.78 bits per heavy atom. The van der Waals surface area contributed by atoms with Crippen LogP contribution >= 0.6 is 11.6 Å². The molecule has 0 aliphatic carbocycles. The smallest absolute Gasteiger partial charge is 0.304 e. The SMILES string of the molecule is CC#CC(CC(=O)O)c1ccc(OC[C@H]2COc3ccc(Cl)cc3O2)cc1. The lowest BCUT2D eigenvalue weighted by Crippen LogP contribution is -2.34. The first-order chi connectivity index (χ1) is 13.0. The second kappa shape index (κ2) is 8.70. The highest BCUT2D eigenvalue weighted by Crippen LogP contribution is 2.34. The molecule has 2 aromatic carbocycles. The molecule has 0 saturated heterocycles. The molecule has 1 heterocycles. The second-order valence-corrected chi connectivity index (χ2v) is 6.50. The lowest BCUT2D eigenvalue weighted by atomic mass is 9.96. The summed E-state index contributed by atoms with van der Waals surface area (Å²) >= 11 is 5.98. The summed E-state index contributed by atoms with van der Waals surface area (Å²) in [6.07, 6.45) is -0.280. The summed E-state index contributed by atoms with van der Waals surface area (Å²) in [6.45, 7) is 2.40. The van der Waals surface area contributed by atoms with Crippen molar-refractivity contribution in [1.82, 2.24) is 0 Å². The molecule has 0 aromatic heterocycles. The van der Waals surface area contributed by atoms with E-state index in [1.807, 2.05) is 12.1 Å². The molecule has 1 aliphatic heterocycles. The average Bonchev–Trinajstić information content (AvgIpc) is 2.66. The summed E-state index contributed by atoms with van der Waals surface area (Å²) < 4.78 is 17.3. The number of fused-ring (bicyclic) bond motifs is 1. The number of hydrogen-bond acceptors (Lipinski definition) is 4. The van der Waals surface area contributed by atoms with Crippen LogP contribution in [0.2, 0.25) is 5.02 Å². The Bertz CT molecular complexity index is 866. The number of carboxylic acids is 1. The number of benzene rings is 2. The molecule has 5 nitrogen and oxygen atoms in total. The second-order valence-electron chi connectivity index (χ2n) is 6.07. The van der Waals surface area contributed by atoms with Gasteiger partial charge in [-0.2, -0.15) is 0 Å². The van der Waals surface area contributed by atoms with E-state index in [-0.39, 0.29) is 18.4 Å². The molecule has 0 bridgehead atoms. The van der Waals surface area contributed by atoms with Crippen molar-refractivity contribution in [3.63, 3.8) is 0 Å². The van der Waals surface area contributed by atoms with Crippen LogP contribution in [0.5, 0.6) is 17.2 Å². The summed E-state index contributed by atoms with van der Waals surface area (Å²) in [5.41, 5.74) is 0.847. The highest BCUT2D eigenvalue weighted by Gasteiger charge is 2.22. The molecule has 27 heavy (non-hydrogen) atoms. The fourth-order valence-electron chi connectivity index (χ4n) is 2.76. The topological polar surface area (TPSA) is 65.0 Å². The molecular formula is C21H19ClO5. The highest BCUT2D eigenvalue weighted by atomic mass is 35.5. The quantitative estimate of drug-likeness (QED) is 0.756. The Kier molecular flexibility index (Phi) is 6.10. The van der Waals surface area contributed by atoms with Crippen molar-refractivity contribution in [3.8, 4) is 29.1 Å². The Morgan fingerprint density at radius 2 is 2.07 bits per heavy atom. The number of aliphatic carboxylic acids is 1. The fourth-order valence-corrected chi connectivity index (χ4v) is 2.92. The summed E-state index contributed by atoms with van der Waals surface area (Å²) in [6, 6.07) is 12.5. The Morgan fingerprint density at radius 1 is 1.30 bits per heavy atom. The number of halogens is 1. The van der Waals surface area contributed by atoms with Crippen LogP contribution in [0.4, 0.5) is 0 Å². The first kappa shape index (κ1) is 18.9. The number of hydrogen-bond donors (Lipinski definition) is 1. The maximum absolute atomic E-state index is 11.0. The average molecular weight is 387 g/mol. The van der Waals surface area contributed by atoms with E-state index in [2.05, 4.69) is 11.8 Å². The van der Waals surface area contributed by atoms with Crippen molar-refractivity contribution >= 4 is 17.6 Å². The fraction of sp³-hybridized carbons (Fsp3) is 0.286. The zero-order valence-electron chi connectivity index (χ0n) is 14.8. The maximum atomic E-state index is 11.0. The van der Waals surface area contributed by atoms with Gasteiger partial charge in [0.05, 0.1) is 12.3 Å². The summed E-state index contributed by atoms with van der Waals surface area (Å²) in [5, 5.41) is 9.60. The van der Waals surface area contributed by atoms with Gasteiger partial charge in [-0.3, -0.25) is 4.79 Å². The van der Waals surface area contributed by atoms with Gasteiger partial charge in [-0.1, -0.05) is 29.7 Å². The van der Waals surface area contributed by atoms with Gasteiger partial charge in [0.25, 0.3) is 0 Å². The van der Waals surface area contributed by atoms with Crippen LogP contribution in [0, 0.1) is 11.8 Å². The Hall–Kier alpha value is -2.84. The standard InChI is InChI=1S/C21H19ClO5/c1-2-3-15(10-21(23)24)14-4-7-17(8-5-14)25-12-18-13-26-19-9-6-16(22)11-20(19)27-18/h4-9,11,15,18H,10,12-13H2,1H3,(H,23,24)/t15?,18-/m0/s1. The molecular weight excluding hydrogens is 368 g/mol. The number of carbonyl (C=O) groups is 1. The van der Waals surface area contributed by atoms with E-state index >= 15 is 0 Å². The van der Waals surface area contributed by atoms with E-state index in [1.165, 1.54) is 0 Å². The van der Waals surface area contributed by atoms with Gasteiger partial charge in [-0.05, 0) is 36.8 Å². The highest BCUT2D eigenvalue weighted by molar-refractivity contribution is 6.30. The molecule has 140 valence electrons. The molecule has 1 N–H and O–H groups in total. The summed E-state index contributed by atoms with van der Waals surface area (Å²) in [4.78, 5) is 11.0. The summed E-state index contributed by atoms with van der Waals surface area (Å²) in [5.74, 6) is 6.43. The van der Waals surface area contributed by atoms with Crippen molar-refractivity contribution in [2.24, 2.45) is 0 Å². The molecule has 0 fully saturated rings. The monoisotopic (exact) mass is 386 g/mol. The number of carboxylic acid groups (broad SMARTS) is 1. The third-order valence-corrected chi connectivity index (χ3v) is 4.27. The van der Waals surface area contributed by atoms with E-state index < -0.39 is 5.97 Å². The first-order valence-electron chi connectivity index (χ1n) is 8.51. The van der Waals surface area contributed by atoms with E-state index in [9.17, 15) is 4.79 Å². The van der Waals surface area contributed by atoms with Crippen LogP contribution in [-0.2, 0) is 4.79 Å². The van der Waals surface area contributed by atoms with Crippen molar-refractivity contribution < 1.29 is 24.1 Å². The molecule has 0 radical (unpaired) electrons. The van der Waals surface area contributed by atoms with Gasteiger partial charge in [0.1, 0.15) is 19.0 Å². The van der Waals surface area contributed by atoms with Crippen LogP contribution in [0.25, 0.3) is 0 Å². The normalized spacial score (nSPS) is 16.0. The van der Waals surface area contributed by atoms with Crippen LogP contribution in [-0.4, -0.2) is 30.4 Å². The first-order valence-corrected chi connectivity index (χ1v) is 8.89. The molecule has 0 amide bonds. The van der Waals surface area contributed by atoms with Crippen LogP contribution in [0.15, 0.2) is 42.5 Å². The van der Waals surface area contributed by atoms with Gasteiger partial charge in [0, 0.05) is 11.1 Å². The van der Waals surface area contributed by atoms with Crippen LogP contribution in [0.3, 0.4) is 0 Å². The van der Waals surface area contributed by atoms with Gasteiger partial charge in [0.2, 0.25) is 0 Å². The van der Waals surface area contributed by atoms with E-state index in [0.29, 0.717) is 35.5 Å². The van der Waals surface area contributed by atoms with Crippen LogP contribution < -0.4 is 14.2 Å². The predicted octanol–water partition coefficient (Wildman–Crippen LogP) is 4.14. The molecule has 1 aliphatic rings. The molecule has 0 saturated carbocycles. The van der Waals surface area contributed by atoms with Gasteiger partial charge >= 0.3 is 5.97 Å². The minimum absolute atomic E-state index is 0.0315. The minimum Gasteiger partial charge on any atom is -0.490 e. The lowest BCUT2D eigenvalue weighted by molar-refractivity contribution is -0.137. The van der Waals surface area contributed by atoms with Gasteiger partial charge in [-0.15, -0.1) is 5.92 Å². The molecule has 2 aromatic rings. The zero-order valence-corrected chi connectivity index (χ0v) is 15.5.